The van der Waals surface area contributed by atoms with Crippen LogP contribution in [0.3, 0.4) is 0 Å². The van der Waals surface area contributed by atoms with E-state index in [4.69, 9.17) is 0 Å². The highest BCUT2D eigenvalue weighted by molar-refractivity contribution is 7.99. The summed E-state index contributed by atoms with van der Waals surface area (Å²) in [5.41, 5.74) is 3.62. The lowest BCUT2D eigenvalue weighted by molar-refractivity contribution is -0.141. The zero-order chi connectivity index (χ0) is 17.6. The van der Waals surface area contributed by atoms with Crippen LogP contribution < -0.4 is 10.9 Å². The van der Waals surface area contributed by atoms with Crippen LogP contribution in [0.25, 0.3) is 0 Å². The van der Waals surface area contributed by atoms with Crippen molar-refractivity contribution in [3.8, 4) is 0 Å². The Bertz CT molecular complexity index is 725. The normalized spacial score (nSPS) is 11.0. The number of thioether (sulfide) groups is 1. The van der Waals surface area contributed by atoms with Crippen LogP contribution in [0.2, 0.25) is 0 Å². The van der Waals surface area contributed by atoms with Crippen LogP contribution >= 0.6 is 11.8 Å². The molecule has 10 heteroatoms. The third kappa shape index (κ3) is 5.23. The van der Waals surface area contributed by atoms with E-state index in [1.807, 2.05) is 0 Å². The van der Waals surface area contributed by atoms with Crippen molar-refractivity contribution in [2.24, 2.45) is 0 Å². The molecule has 2 amide bonds. The zero-order valence-electron chi connectivity index (χ0n) is 12.0. The van der Waals surface area contributed by atoms with Crippen molar-refractivity contribution in [1.82, 2.24) is 20.8 Å². The average molecular weight is 356 g/mol. The molecule has 126 valence electrons. The van der Waals surface area contributed by atoms with Crippen LogP contribution in [0.1, 0.15) is 16.1 Å². The molecule has 0 atom stereocenters. The minimum Gasteiger partial charge on any atom is -0.272 e. The predicted molar refractivity (Wildman–Crippen MR) is 79.8 cm³/mol. The number of aromatic nitrogens is 2. The Balaban J connectivity index is 1.82. The quantitative estimate of drug-likeness (QED) is 0.498. The standard InChI is InChI=1S/C14H11F3N4O2S/c15-14(16,17)10-6-7-18-13(19-10)24-8-11(22)20-21-12(23)9-4-2-1-3-5-9/h1-7H,8H2,(H,20,22)(H,21,23). The van der Waals surface area contributed by atoms with Crippen molar-refractivity contribution >= 4 is 23.6 Å². The summed E-state index contributed by atoms with van der Waals surface area (Å²) in [6, 6.07) is 8.93. The largest absolute Gasteiger partial charge is 0.433 e. The summed E-state index contributed by atoms with van der Waals surface area (Å²) < 4.78 is 37.5. The van der Waals surface area contributed by atoms with Gasteiger partial charge in [0.25, 0.3) is 5.91 Å². The van der Waals surface area contributed by atoms with Gasteiger partial charge in [-0.15, -0.1) is 0 Å². The maximum atomic E-state index is 12.5. The average Bonchev–Trinajstić information content (AvgIpc) is 2.58. The summed E-state index contributed by atoms with van der Waals surface area (Å²) in [6.45, 7) is 0. The Kier molecular flexibility index (Phi) is 5.74. The van der Waals surface area contributed by atoms with E-state index < -0.39 is 23.7 Å². The van der Waals surface area contributed by atoms with E-state index in [-0.39, 0.29) is 10.9 Å². The smallest absolute Gasteiger partial charge is 0.272 e. The minimum atomic E-state index is -4.58. The first-order valence-corrected chi connectivity index (χ1v) is 7.52. The van der Waals surface area contributed by atoms with Crippen LogP contribution in [-0.2, 0) is 11.0 Å². The first-order chi connectivity index (χ1) is 11.4. The molecule has 0 saturated heterocycles. The molecule has 1 aromatic carbocycles. The van der Waals surface area contributed by atoms with Gasteiger partial charge in [0.2, 0.25) is 5.91 Å². The molecule has 2 rings (SSSR count). The van der Waals surface area contributed by atoms with E-state index >= 15 is 0 Å². The number of alkyl halides is 3. The Labute approximate surface area is 138 Å². The monoisotopic (exact) mass is 356 g/mol. The van der Waals surface area contributed by atoms with E-state index in [2.05, 4.69) is 20.8 Å². The minimum absolute atomic E-state index is 0.186. The third-order valence-corrected chi connectivity index (χ3v) is 3.47. The molecule has 0 saturated carbocycles. The lowest BCUT2D eigenvalue weighted by Gasteiger charge is -2.08. The summed E-state index contributed by atoms with van der Waals surface area (Å²) in [6.07, 6.45) is -3.61. The lowest BCUT2D eigenvalue weighted by atomic mass is 10.2. The first kappa shape index (κ1) is 17.7. The highest BCUT2D eigenvalue weighted by atomic mass is 32.2. The molecule has 0 aliphatic rings. The molecule has 24 heavy (non-hydrogen) atoms. The number of carbonyl (C=O) groups excluding carboxylic acids is 2. The van der Waals surface area contributed by atoms with Crippen molar-refractivity contribution in [3.05, 3.63) is 53.9 Å². The second kappa shape index (κ2) is 7.77. The number of rotatable bonds is 4. The molecule has 0 radical (unpaired) electrons. The molecule has 0 fully saturated rings. The fourth-order valence-corrected chi connectivity index (χ4v) is 2.15. The summed E-state index contributed by atoms with van der Waals surface area (Å²) in [4.78, 5) is 30.3. The molecular weight excluding hydrogens is 345 g/mol. The molecule has 0 unspecified atom stereocenters. The number of hydrazine groups is 1. The lowest BCUT2D eigenvalue weighted by Crippen LogP contribution is -2.42. The third-order valence-electron chi connectivity index (χ3n) is 2.61. The van der Waals surface area contributed by atoms with E-state index in [1.165, 1.54) is 0 Å². The number of hydrogen-bond donors (Lipinski definition) is 2. The van der Waals surface area contributed by atoms with Gasteiger partial charge in [0.05, 0.1) is 5.75 Å². The van der Waals surface area contributed by atoms with Crippen LogP contribution in [-0.4, -0.2) is 27.5 Å². The zero-order valence-corrected chi connectivity index (χ0v) is 12.8. The summed E-state index contributed by atoms with van der Waals surface area (Å²) >= 11 is 0.721. The van der Waals surface area contributed by atoms with Gasteiger partial charge in [0.1, 0.15) is 5.69 Å². The van der Waals surface area contributed by atoms with Gasteiger partial charge in [0.15, 0.2) is 5.16 Å². The van der Waals surface area contributed by atoms with E-state index in [0.29, 0.717) is 5.56 Å². The molecule has 0 aliphatic carbocycles. The number of halogens is 3. The fourth-order valence-electron chi connectivity index (χ4n) is 1.52. The van der Waals surface area contributed by atoms with Crippen molar-refractivity contribution in [1.29, 1.82) is 0 Å². The van der Waals surface area contributed by atoms with Crippen LogP contribution in [0, 0.1) is 0 Å². The molecule has 2 aromatic rings. The Morgan fingerprint density at radius 2 is 1.79 bits per heavy atom. The number of carbonyl (C=O) groups is 2. The molecule has 1 aromatic heterocycles. The summed E-state index contributed by atoms with van der Waals surface area (Å²) in [5.74, 6) is -1.37. The van der Waals surface area contributed by atoms with Gasteiger partial charge in [-0.3, -0.25) is 20.4 Å². The van der Waals surface area contributed by atoms with E-state index in [9.17, 15) is 22.8 Å². The van der Waals surface area contributed by atoms with Crippen molar-refractivity contribution in [2.75, 3.05) is 5.75 Å². The van der Waals surface area contributed by atoms with Crippen LogP contribution in [0.5, 0.6) is 0 Å². The van der Waals surface area contributed by atoms with Crippen molar-refractivity contribution < 1.29 is 22.8 Å². The maximum absolute atomic E-state index is 12.5. The highest BCUT2D eigenvalue weighted by Gasteiger charge is 2.32. The van der Waals surface area contributed by atoms with Gasteiger partial charge in [0, 0.05) is 11.8 Å². The number of nitrogens with one attached hydrogen (secondary N) is 2. The van der Waals surface area contributed by atoms with Crippen LogP contribution in [0.15, 0.2) is 47.8 Å². The number of hydrogen-bond acceptors (Lipinski definition) is 5. The Hall–Kier alpha value is -2.62. The molecule has 2 N–H and O–H groups in total. The van der Waals surface area contributed by atoms with E-state index in [0.717, 1.165) is 24.0 Å². The molecular formula is C14H11F3N4O2S. The highest BCUT2D eigenvalue weighted by Crippen LogP contribution is 2.28. The SMILES string of the molecule is O=C(CSc1nccc(C(F)(F)F)n1)NNC(=O)c1ccccc1. The van der Waals surface area contributed by atoms with Crippen molar-refractivity contribution in [2.45, 2.75) is 11.3 Å². The van der Waals surface area contributed by atoms with Crippen LogP contribution in [0.4, 0.5) is 13.2 Å². The van der Waals surface area contributed by atoms with E-state index in [1.54, 1.807) is 30.3 Å². The fraction of sp³-hybridized carbons (Fsp3) is 0.143. The topological polar surface area (TPSA) is 84.0 Å². The molecule has 0 bridgehead atoms. The number of benzene rings is 1. The maximum Gasteiger partial charge on any atom is 0.433 e. The number of amides is 2. The van der Waals surface area contributed by atoms with Crippen molar-refractivity contribution in [3.63, 3.8) is 0 Å². The van der Waals surface area contributed by atoms with Gasteiger partial charge in [-0.25, -0.2) is 9.97 Å². The first-order valence-electron chi connectivity index (χ1n) is 6.53. The summed E-state index contributed by atoms with van der Waals surface area (Å²) in [5, 5.41) is -0.186. The van der Waals surface area contributed by atoms with Gasteiger partial charge in [-0.05, 0) is 18.2 Å². The van der Waals surface area contributed by atoms with Gasteiger partial charge in [-0.1, -0.05) is 30.0 Å². The molecule has 0 spiro atoms. The molecule has 6 nitrogen and oxygen atoms in total. The molecule has 1 heterocycles. The second-order valence-electron chi connectivity index (χ2n) is 4.38. The summed E-state index contributed by atoms with van der Waals surface area (Å²) in [7, 11) is 0. The van der Waals surface area contributed by atoms with Gasteiger partial charge < -0.3 is 0 Å². The predicted octanol–water partition coefficient (Wildman–Crippen LogP) is 2.05. The van der Waals surface area contributed by atoms with Gasteiger partial charge >= 0.3 is 6.18 Å². The molecule has 0 aliphatic heterocycles. The Morgan fingerprint density at radius 3 is 2.46 bits per heavy atom. The number of nitrogens with zero attached hydrogens (tertiary/aromatic N) is 2. The second-order valence-corrected chi connectivity index (χ2v) is 5.32. The van der Waals surface area contributed by atoms with Gasteiger partial charge in [-0.2, -0.15) is 13.2 Å². The Morgan fingerprint density at radius 1 is 1.08 bits per heavy atom.